The molecule has 0 atom stereocenters. The van der Waals surface area contributed by atoms with Crippen molar-refractivity contribution in [3.05, 3.63) is 124 Å². The summed E-state index contributed by atoms with van der Waals surface area (Å²) in [5, 5.41) is 4.67. The Morgan fingerprint density at radius 1 is 0.865 bits per heavy atom. The molecule has 0 heterocycles. The Hall–Kier alpha value is -4.62. The molecule has 37 heavy (non-hydrogen) atoms. The highest BCUT2D eigenvalue weighted by Crippen LogP contribution is 2.20. The van der Waals surface area contributed by atoms with Crippen LogP contribution >= 0.6 is 11.6 Å². The molecule has 1 amide bonds. The number of carbonyl (C=O) groups is 2. The molecule has 0 radical (unpaired) electrons. The Kier molecular flexibility index (Phi) is 8.52. The number of hydrogen-bond acceptors (Lipinski definition) is 6. The van der Waals surface area contributed by atoms with Gasteiger partial charge in [0.15, 0.2) is 0 Å². The van der Waals surface area contributed by atoms with E-state index in [-0.39, 0.29) is 0 Å². The van der Waals surface area contributed by atoms with Gasteiger partial charge in [-0.1, -0.05) is 35.9 Å². The molecular formula is C29H23ClN2O5. The van der Waals surface area contributed by atoms with Crippen LogP contribution in [0.5, 0.6) is 17.2 Å². The van der Waals surface area contributed by atoms with Crippen molar-refractivity contribution in [1.29, 1.82) is 0 Å². The third-order valence-electron chi connectivity index (χ3n) is 5.24. The number of nitrogens with one attached hydrogen (secondary N) is 1. The first-order valence-electron chi connectivity index (χ1n) is 11.3. The van der Waals surface area contributed by atoms with Gasteiger partial charge in [0, 0.05) is 5.02 Å². The number of rotatable bonds is 9. The summed E-state index contributed by atoms with van der Waals surface area (Å²) in [7, 11) is 1.56. The number of hydrogen-bond donors (Lipinski definition) is 1. The number of benzene rings is 4. The second-order valence-corrected chi connectivity index (χ2v) is 8.23. The van der Waals surface area contributed by atoms with Gasteiger partial charge in [0.25, 0.3) is 5.91 Å². The summed E-state index contributed by atoms with van der Waals surface area (Å²) in [4.78, 5) is 25.0. The minimum atomic E-state index is -0.478. The lowest BCUT2D eigenvalue weighted by Crippen LogP contribution is -2.18. The monoisotopic (exact) mass is 514 g/mol. The Morgan fingerprint density at radius 2 is 1.54 bits per heavy atom. The number of carbonyl (C=O) groups excluding carboxylic acids is 2. The standard InChI is InChI=1S/C29H23ClN2O5/c1-35-24-16-10-22(11-17-24)29(34)37-25-14-8-20(9-15-25)18-31-32-28(33)26-4-2-3-5-27(26)36-19-21-6-12-23(30)13-7-21/h2-18H,19H2,1H3,(H,32,33)/b31-18-. The largest absolute Gasteiger partial charge is 0.497 e. The van der Waals surface area contributed by atoms with Crippen molar-refractivity contribution in [2.45, 2.75) is 6.61 Å². The van der Waals surface area contributed by atoms with Gasteiger partial charge in [0.1, 0.15) is 23.9 Å². The van der Waals surface area contributed by atoms with Crippen LogP contribution < -0.4 is 19.6 Å². The molecule has 0 aliphatic rings. The molecule has 4 rings (SSSR count). The Labute approximate surface area is 219 Å². The molecule has 0 bridgehead atoms. The highest BCUT2D eigenvalue weighted by molar-refractivity contribution is 6.30. The number of amides is 1. The molecular weight excluding hydrogens is 492 g/mol. The number of ether oxygens (including phenoxy) is 3. The molecule has 0 aromatic heterocycles. The van der Waals surface area contributed by atoms with E-state index in [1.807, 2.05) is 12.1 Å². The van der Waals surface area contributed by atoms with Gasteiger partial charge in [-0.25, -0.2) is 10.2 Å². The summed E-state index contributed by atoms with van der Waals surface area (Å²) in [6.07, 6.45) is 1.49. The molecule has 0 aliphatic heterocycles. The lowest BCUT2D eigenvalue weighted by molar-refractivity contribution is 0.0734. The normalized spacial score (nSPS) is 10.6. The van der Waals surface area contributed by atoms with Gasteiger partial charge >= 0.3 is 5.97 Å². The molecule has 7 nitrogen and oxygen atoms in total. The predicted octanol–water partition coefficient (Wildman–Crippen LogP) is 5.91. The summed E-state index contributed by atoms with van der Waals surface area (Å²) in [6.45, 7) is 0.292. The van der Waals surface area contributed by atoms with Crippen LogP contribution in [0.25, 0.3) is 0 Å². The van der Waals surface area contributed by atoms with Crippen LogP contribution in [0.4, 0.5) is 0 Å². The van der Waals surface area contributed by atoms with Crippen molar-refractivity contribution in [2.75, 3.05) is 7.11 Å². The number of nitrogens with zero attached hydrogens (tertiary/aromatic N) is 1. The van der Waals surface area contributed by atoms with E-state index in [9.17, 15) is 9.59 Å². The van der Waals surface area contributed by atoms with E-state index in [1.54, 1.807) is 92.0 Å². The lowest BCUT2D eigenvalue weighted by Gasteiger charge is -2.10. The molecule has 4 aromatic rings. The van der Waals surface area contributed by atoms with Crippen LogP contribution in [0.2, 0.25) is 5.02 Å². The highest BCUT2D eigenvalue weighted by atomic mass is 35.5. The number of halogens is 1. The van der Waals surface area contributed by atoms with Crippen molar-refractivity contribution in [3.8, 4) is 17.2 Å². The summed E-state index contributed by atoms with van der Waals surface area (Å²) in [5.74, 6) is 0.587. The Morgan fingerprint density at radius 3 is 2.24 bits per heavy atom. The van der Waals surface area contributed by atoms with Gasteiger partial charge in [-0.05, 0) is 83.9 Å². The molecule has 0 saturated heterocycles. The first-order valence-corrected chi connectivity index (χ1v) is 11.7. The van der Waals surface area contributed by atoms with Crippen LogP contribution in [-0.2, 0) is 6.61 Å². The fraction of sp³-hybridized carbons (Fsp3) is 0.0690. The fourth-order valence-corrected chi connectivity index (χ4v) is 3.39. The van der Waals surface area contributed by atoms with Crippen molar-refractivity contribution < 1.29 is 23.8 Å². The summed E-state index contributed by atoms with van der Waals surface area (Å²) in [5.41, 5.74) is 4.91. The van der Waals surface area contributed by atoms with Gasteiger partial charge in [0.2, 0.25) is 0 Å². The maximum atomic E-state index is 12.7. The quantitative estimate of drug-likeness (QED) is 0.130. The predicted molar refractivity (Wildman–Crippen MR) is 142 cm³/mol. The zero-order valence-corrected chi connectivity index (χ0v) is 20.6. The first kappa shape index (κ1) is 25.5. The Balaban J connectivity index is 1.31. The van der Waals surface area contributed by atoms with Crippen LogP contribution in [0.1, 0.15) is 31.8 Å². The van der Waals surface area contributed by atoms with E-state index in [1.165, 1.54) is 6.21 Å². The van der Waals surface area contributed by atoms with Crippen molar-refractivity contribution in [1.82, 2.24) is 5.43 Å². The van der Waals surface area contributed by atoms with E-state index in [0.29, 0.717) is 45.6 Å². The molecule has 0 unspecified atom stereocenters. The first-order chi connectivity index (χ1) is 18.0. The zero-order chi connectivity index (χ0) is 26.0. The molecule has 186 valence electrons. The second kappa shape index (κ2) is 12.4. The smallest absolute Gasteiger partial charge is 0.343 e. The number of hydrazone groups is 1. The van der Waals surface area contributed by atoms with Crippen LogP contribution in [-0.4, -0.2) is 25.2 Å². The van der Waals surface area contributed by atoms with Crippen LogP contribution in [0, 0.1) is 0 Å². The van der Waals surface area contributed by atoms with Crippen molar-refractivity contribution >= 4 is 29.7 Å². The maximum Gasteiger partial charge on any atom is 0.343 e. The molecule has 0 fully saturated rings. The summed E-state index contributed by atoms with van der Waals surface area (Å²) >= 11 is 5.92. The molecule has 0 spiro atoms. The van der Waals surface area contributed by atoms with Gasteiger partial charge in [-0.15, -0.1) is 0 Å². The zero-order valence-electron chi connectivity index (χ0n) is 19.9. The average Bonchev–Trinajstić information content (AvgIpc) is 2.94. The summed E-state index contributed by atoms with van der Waals surface area (Å²) < 4.78 is 16.3. The van der Waals surface area contributed by atoms with E-state index < -0.39 is 11.9 Å². The topological polar surface area (TPSA) is 86.2 Å². The van der Waals surface area contributed by atoms with E-state index in [4.69, 9.17) is 25.8 Å². The van der Waals surface area contributed by atoms with Crippen LogP contribution in [0.15, 0.2) is 102 Å². The molecule has 0 aliphatic carbocycles. The Bertz CT molecular complexity index is 1390. The number of para-hydroxylation sites is 1. The van der Waals surface area contributed by atoms with Gasteiger partial charge in [0.05, 0.1) is 24.5 Å². The third kappa shape index (κ3) is 7.19. The molecule has 0 saturated carbocycles. The summed E-state index contributed by atoms with van der Waals surface area (Å²) in [6, 6.07) is 27.6. The van der Waals surface area contributed by atoms with Crippen LogP contribution in [0.3, 0.4) is 0 Å². The van der Waals surface area contributed by atoms with Crippen molar-refractivity contribution in [3.63, 3.8) is 0 Å². The third-order valence-corrected chi connectivity index (χ3v) is 5.49. The SMILES string of the molecule is COc1ccc(C(=O)Oc2ccc(/C=N\NC(=O)c3ccccc3OCc3ccc(Cl)cc3)cc2)cc1. The minimum absolute atomic E-state index is 0.292. The van der Waals surface area contributed by atoms with Gasteiger partial charge in [-0.2, -0.15) is 5.10 Å². The van der Waals surface area contributed by atoms with E-state index >= 15 is 0 Å². The van der Waals surface area contributed by atoms with E-state index in [0.717, 1.165) is 5.56 Å². The highest BCUT2D eigenvalue weighted by Gasteiger charge is 2.12. The minimum Gasteiger partial charge on any atom is -0.497 e. The molecule has 8 heteroatoms. The fourth-order valence-electron chi connectivity index (χ4n) is 3.26. The van der Waals surface area contributed by atoms with Gasteiger partial charge < -0.3 is 14.2 Å². The second-order valence-electron chi connectivity index (χ2n) is 7.80. The average molecular weight is 515 g/mol. The number of methoxy groups -OCH3 is 1. The lowest BCUT2D eigenvalue weighted by atomic mass is 10.2. The maximum absolute atomic E-state index is 12.7. The molecule has 1 N–H and O–H groups in total. The molecule has 4 aromatic carbocycles. The van der Waals surface area contributed by atoms with Crippen molar-refractivity contribution in [2.24, 2.45) is 5.10 Å². The van der Waals surface area contributed by atoms with E-state index in [2.05, 4.69) is 10.5 Å². The van der Waals surface area contributed by atoms with Gasteiger partial charge in [-0.3, -0.25) is 4.79 Å². The number of esters is 1.